The Bertz CT molecular complexity index is 74.5. The summed E-state index contributed by atoms with van der Waals surface area (Å²) < 4.78 is 0. The van der Waals surface area contributed by atoms with Crippen molar-refractivity contribution in [1.29, 1.82) is 0 Å². The van der Waals surface area contributed by atoms with Crippen LogP contribution in [0.1, 0.15) is 12.8 Å². The monoisotopic (exact) mass is 129 g/mol. The van der Waals surface area contributed by atoms with Gasteiger partial charge < -0.3 is 5.32 Å². The first-order chi connectivity index (χ1) is 3.95. The standard InChI is InChI=1S/C6H12NP/c1-2-5(1)3-7-6-4-8-6/h5-8H,1-4H2/t6-/m1/s1. The fraction of sp³-hybridized carbons (Fsp3) is 1.00. The van der Waals surface area contributed by atoms with Gasteiger partial charge in [-0.15, -0.1) is 8.58 Å². The Kier molecular flexibility index (Phi) is 1.28. The number of hydrogen-bond donors (Lipinski definition) is 1. The molecule has 46 valence electrons. The average Bonchev–Trinajstić information content (AvgIpc) is 2.60. The molecule has 2 rings (SSSR count). The minimum atomic E-state index is 0.954. The van der Waals surface area contributed by atoms with E-state index in [0.29, 0.717) is 0 Å². The molecular formula is C6H12NP. The minimum Gasteiger partial charge on any atom is -0.310 e. The molecule has 0 aromatic carbocycles. The summed E-state index contributed by atoms with van der Waals surface area (Å²) in [7, 11) is 1.24. The smallest absolute Gasteiger partial charge is 0.0278 e. The molecule has 0 radical (unpaired) electrons. The van der Waals surface area contributed by atoms with E-state index in [1.54, 1.807) is 0 Å². The van der Waals surface area contributed by atoms with E-state index in [4.69, 9.17) is 0 Å². The molecule has 2 heteroatoms. The van der Waals surface area contributed by atoms with Crippen LogP contribution in [0.3, 0.4) is 0 Å². The van der Waals surface area contributed by atoms with Gasteiger partial charge in [0.25, 0.3) is 0 Å². The molecule has 1 unspecified atom stereocenters. The van der Waals surface area contributed by atoms with Crippen molar-refractivity contribution in [2.75, 3.05) is 12.7 Å². The second kappa shape index (κ2) is 1.97. The van der Waals surface area contributed by atoms with Gasteiger partial charge in [-0.1, -0.05) is 0 Å². The van der Waals surface area contributed by atoms with Crippen molar-refractivity contribution in [1.82, 2.24) is 5.32 Å². The van der Waals surface area contributed by atoms with E-state index in [1.165, 1.54) is 34.1 Å². The Morgan fingerprint density at radius 2 is 2.25 bits per heavy atom. The van der Waals surface area contributed by atoms with Crippen molar-refractivity contribution in [2.24, 2.45) is 5.92 Å². The predicted molar refractivity (Wildman–Crippen MR) is 37.7 cm³/mol. The van der Waals surface area contributed by atoms with Crippen molar-refractivity contribution in [2.45, 2.75) is 18.6 Å². The second-order valence-corrected chi connectivity index (χ2v) is 4.33. The van der Waals surface area contributed by atoms with Crippen LogP contribution in [0.4, 0.5) is 0 Å². The Labute approximate surface area is 52.0 Å². The maximum absolute atomic E-state index is 3.53. The molecular weight excluding hydrogens is 117 g/mol. The van der Waals surface area contributed by atoms with Crippen LogP contribution in [0.15, 0.2) is 0 Å². The fourth-order valence-electron chi connectivity index (χ4n) is 0.834. The van der Waals surface area contributed by atoms with Gasteiger partial charge in [0.1, 0.15) is 0 Å². The maximum atomic E-state index is 3.53. The van der Waals surface area contributed by atoms with E-state index < -0.39 is 0 Å². The number of rotatable bonds is 3. The first kappa shape index (κ1) is 5.20. The summed E-state index contributed by atoms with van der Waals surface area (Å²) in [6.45, 7) is 1.32. The third kappa shape index (κ3) is 1.43. The minimum absolute atomic E-state index is 0.954. The zero-order chi connectivity index (χ0) is 5.40. The fourth-order valence-corrected chi connectivity index (χ4v) is 1.36. The van der Waals surface area contributed by atoms with Gasteiger partial charge in [0.2, 0.25) is 0 Å². The maximum Gasteiger partial charge on any atom is 0.0278 e. The van der Waals surface area contributed by atoms with E-state index in [0.717, 1.165) is 11.7 Å². The average molecular weight is 129 g/mol. The third-order valence-electron chi connectivity index (χ3n) is 1.76. The van der Waals surface area contributed by atoms with E-state index in [9.17, 15) is 0 Å². The lowest BCUT2D eigenvalue weighted by atomic mass is 10.4. The SMILES string of the molecule is C1CC1CN[C@H]1CP1. The highest BCUT2D eigenvalue weighted by Gasteiger charge is 2.25. The molecule has 0 aromatic rings. The van der Waals surface area contributed by atoms with Gasteiger partial charge in [-0.2, -0.15) is 0 Å². The first-order valence-electron chi connectivity index (χ1n) is 3.42. The molecule has 2 fully saturated rings. The van der Waals surface area contributed by atoms with Crippen LogP contribution in [0.5, 0.6) is 0 Å². The molecule has 1 aliphatic carbocycles. The molecule has 1 nitrogen and oxygen atoms in total. The van der Waals surface area contributed by atoms with Crippen LogP contribution in [-0.4, -0.2) is 18.5 Å². The normalized spacial score (nSPS) is 38.2. The molecule has 0 bridgehead atoms. The lowest BCUT2D eigenvalue weighted by molar-refractivity contribution is 0.662. The van der Waals surface area contributed by atoms with E-state index >= 15 is 0 Å². The summed E-state index contributed by atoms with van der Waals surface area (Å²) in [5.74, 6) is 2.02. The van der Waals surface area contributed by atoms with Crippen LogP contribution in [0.25, 0.3) is 0 Å². The highest BCUT2D eigenvalue weighted by molar-refractivity contribution is 7.47. The largest absolute Gasteiger partial charge is 0.310 e. The van der Waals surface area contributed by atoms with Gasteiger partial charge in [0.05, 0.1) is 0 Å². The Hall–Kier alpha value is 0.390. The zero-order valence-corrected chi connectivity index (χ0v) is 5.98. The molecule has 2 aliphatic rings. The van der Waals surface area contributed by atoms with Crippen LogP contribution >= 0.6 is 8.58 Å². The quantitative estimate of drug-likeness (QED) is 0.560. The van der Waals surface area contributed by atoms with Crippen LogP contribution in [-0.2, 0) is 0 Å². The Balaban J connectivity index is 1.56. The molecule has 8 heavy (non-hydrogen) atoms. The van der Waals surface area contributed by atoms with Crippen LogP contribution < -0.4 is 5.32 Å². The lowest BCUT2D eigenvalue weighted by Gasteiger charge is -1.95. The molecule has 0 amide bonds. The van der Waals surface area contributed by atoms with Crippen molar-refractivity contribution in [3.8, 4) is 0 Å². The molecule has 1 saturated heterocycles. The molecule has 1 N–H and O–H groups in total. The molecule has 1 heterocycles. The van der Waals surface area contributed by atoms with Crippen LogP contribution in [0, 0.1) is 5.92 Å². The van der Waals surface area contributed by atoms with Crippen molar-refractivity contribution < 1.29 is 0 Å². The third-order valence-corrected chi connectivity index (χ3v) is 2.78. The van der Waals surface area contributed by atoms with Gasteiger partial charge >= 0.3 is 0 Å². The number of hydrogen-bond acceptors (Lipinski definition) is 1. The Morgan fingerprint density at radius 1 is 1.50 bits per heavy atom. The summed E-state index contributed by atoms with van der Waals surface area (Å²) in [6.07, 6.45) is 4.44. The summed E-state index contributed by atoms with van der Waals surface area (Å²) in [5, 5.41) is 3.53. The molecule has 0 aromatic heterocycles. The Morgan fingerprint density at radius 3 is 2.75 bits per heavy atom. The highest BCUT2D eigenvalue weighted by Crippen LogP contribution is 2.37. The first-order valence-corrected chi connectivity index (χ1v) is 4.70. The van der Waals surface area contributed by atoms with Gasteiger partial charge in [-0.3, -0.25) is 0 Å². The molecule has 2 atom stereocenters. The van der Waals surface area contributed by atoms with Crippen molar-refractivity contribution in [3.63, 3.8) is 0 Å². The highest BCUT2D eigenvalue weighted by atomic mass is 31.1. The van der Waals surface area contributed by atoms with Crippen LogP contribution in [0.2, 0.25) is 0 Å². The summed E-state index contributed by atoms with van der Waals surface area (Å²) in [6, 6.07) is 0. The lowest BCUT2D eigenvalue weighted by Crippen LogP contribution is -2.18. The molecule has 0 spiro atoms. The van der Waals surface area contributed by atoms with Gasteiger partial charge in [0, 0.05) is 5.78 Å². The summed E-state index contributed by atoms with van der Waals surface area (Å²) in [4.78, 5) is 0. The predicted octanol–water partition coefficient (Wildman–Crippen LogP) is 1.00. The number of nitrogens with one attached hydrogen (secondary N) is 1. The second-order valence-electron chi connectivity index (χ2n) is 2.81. The van der Waals surface area contributed by atoms with Gasteiger partial charge in [-0.25, -0.2) is 0 Å². The summed E-state index contributed by atoms with van der Waals surface area (Å²) >= 11 is 0. The van der Waals surface area contributed by atoms with E-state index in [1.807, 2.05) is 0 Å². The zero-order valence-electron chi connectivity index (χ0n) is 4.98. The molecule has 1 saturated carbocycles. The van der Waals surface area contributed by atoms with Gasteiger partial charge in [0.15, 0.2) is 0 Å². The van der Waals surface area contributed by atoms with Gasteiger partial charge in [-0.05, 0) is 31.5 Å². The molecule has 1 aliphatic heterocycles. The summed E-state index contributed by atoms with van der Waals surface area (Å²) in [5.41, 5.74) is 0. The van der Waals surface area contributed by atoms with Crippen molar-refractivity contribution >= 4 is 8.58 Å². The van der Waals surface area contributed by atoms with E-state index in [2.05, 4.69) is 5.32 Å². The van der Waals surface area contributed by atoms with Crippen molar-refractivity contribution in [3.05, 3.63) is 0 Å². The topological polar surface area (TPSA) is 12.0 Å². The van der Waals surface area contributed by atoms with E-state index in [-0.39, 0.29) is 0 Å².